The Morgan fingerprint density at radius 3 is 2.83 bits per heavy atom. The van der Waals surface area contributed by atoms with Crippen molar-refractivity contribution in [1.82, 2.24) is 30.0 Å². The summed E-state index contributed by atoms with van der Waals surface area (Å²) in [6, 6.07) is -0.116. The van der Waals surface area contributed by atoms with Crippen molar-refractivity contribution in [3.05, 3.63) is 36.2 Å². The lowest BCUT2D eigenvalue weighted by Crippen LogP contribution is -2.53. The van der Waals surface area contributed by atoms with Crippen LogP contribution in [-0.4, -0.2) is 48.5 Å². The van der Waals surface area contributed by atoms with Crippen LogP contribution in [0.5, 0.6) is 0 Å². The molecule has 2 aromatic heterocycles. The number of aryl methyl sites for hydroxylation is 1. The third-order valence-corrected chi connectivity index (χ3v) is 4.78. The monoisotopic (exact) mass is 328 g/mol. The molecule has 1 saturated heterocycles. The molecule has 24 heavy (non-hydrogen) atoms. The number of hydrogen-bond donors (Lipinski definition) is 2. The van der Waals surface area contributed by atoms with Gasteiger partial charge in [-0.05, 0) is 19.3 Å². The molecule has 0 unspecified atom stereocenters. The molecule has 0 radical (unpaired) electrons. The van der Waals surface area contributed by atoms with E-state index in [4.69, 9.17) is 0 Å². The maximum Gasteiger partial charge on any atom is 0.254 e. The second kappa shape index (κ2) is 5.77. The molecule has 4 rings (SSSR count). The van der Waals surface area contributed by atoms with Gasteiger partial charge < -0.3 is 14.8 Å². The molecule has 0 spiro atoms. The lowest BCUT2D eigenvalue weighted by molar-refractivity contribution is -0.138. The van der Waals surface area contributed by atoms with Crippen molar-refractivity contribution in [2.75, 3.05) is 0 Å². The third kappa shape index (κ3) is 2.57. The first-order chi connectivity index (χ1) is 11.6. The molecular weight excluding hydrogens is 308 g/mol. The molecule has 2 atom stereocenters. The van der Waals surface area contributed by atoms with E-state index in [1.54, 1.807) is 12.4 Å². The molecule has 2 fully saturated rings. The lowest BCUT2D eigenvalue weighted by Gasteiger charge is -2.41. The number of H-pyrrole nitrogens is 1. The zero-order valence-corrected chi connectivity index (χ0v) is 13.5. The van der Waals surface area contributed by atoms with Gasteiger partial charge in [0.05, 0.1) is 17.8 Å². The fourth-order valence-corrected chi connectivity index (χ4v) is 3.44. The largest absolute Gasteiger partial charge is 0.347 e. The Morgan fingerprint density at radius 1 is 1.38 bits per heavy atom. The Hall–Kier alpha value is -2.64. The zero-order chi connectivity index (χ0) is 16.7. The minimum Gasteiger partial charge on any atom is -0.347 e. The van der Waals surface area contributed by atoms with Gasteiger partial charge in [0, 0.05) is 38.1 Å². The van der Waals surface area contributed by atoms with Gasteiger partial charge in [-0.3, -0.25) is 14.7 Å². The number of aromatic amines is 1. The molecule has 2 amide bonds. The maximum atomic E-state index is 12.5. The van der Waals surface area contributed by atoms with E-state index in [1.807, 2.05) is 22.7 Å². The molecule has 2 N–H and O–H groups in total. The van der Waals surface area contributed by atoms with E-state index in [-0.39, 0.29) is 29.9 Å². The van der Waals surface area contributed by atoms with Gasteiger partial charge in [-0.2, -0.15) is 5.10 Å². The smallest absolute Gasteiger partial charge is 0.254 e. The van der Waals surface area contributed by atoms with Crippen LogP contribution in [0.3, 0.4) is 0 Å². The molecule has 3 heterocycles. The van der Waals surface area contributed by atoms with Crippen molar-refractivity contribution in [1.29, 1.82) is 0 Å². The fraction of sp³-hybridized carbons (Fsp3) is 0.500. The van der Waals surface area contributed by atoms with Gasteiger partial charge in [0.15, 0.2) is 0 Å². The van der Waals surface area contributed by atoms with Gasteiger partial charge in [-0.1, -0.05) is 0 Å². The van der Waals surface area contributed by atoms with Crippen LogP contribution in [0.25, 0.3) is 0 Å². The number of carbonyl (C=O) groups excluding carboxylic acids is 2. The van der Waals surface area contributed by atoms with Crippen molar-refractivity contribution in [2.24, 2.45) is 7.05 Å². The van der Waals surface area contributed by atoms with E-state index in [0.29, 0.717) is 18.4 Å². The van der Waals surface area contributed by atoms with E-state index in [9.17, 15) is 9.59 Å². The standard InChI is InChI=1S/C16H20N6O2/c1-21-7-6-17-15(21)14-12(20-16(24)10-8-18-19-9-10)4-5-13(23)22(14)11-2-3-11/h6-9,11-12,14H,2-5H2,1H3,(H,18,19)(H,20,24)/t12-,14-/m1/s1. The third-order valence-electron chi connectivity index (χ3n) is 4.78. The van der Waals surface area contributed by atoms with Crippen molar-refractivity contribution >= 4 is 11.8 Å². The van der Waals surface area contributed by atoms with Gasteiger partial charge in [-0.25, -0.2) is 4.98 Å². The molecule has 0 aromatic carbocycles. The van der Waals surface area contributed by atoms with Crippen LogP contribution in [0.2, 0.25) is 0 Å². The number of hydrogen-bond acceptors (Lipinski definition) is 4. The van der Waals surface area contributed by atoms with Crippen LogP contribution in [0, 0.1) is 0 Å². The highest BCUT2D eigenvalue weighted by Crippen LogP contribution is 2.40. The van der Waals surface area contributed by atoms with Crippen molar-refractivity contribution in [3.63, 3.8) is 0 Å². The summed E-state index contributed by atoms with van der Waals surface area (Å²) in [6.45, 7) is 0. The minimum absolute atomic E-state index is 0.152. The molecule has 8 nitrogen and oxygen atoms in total. The normalized spacial score (nSPS) is 24.2. The van der Waals surface area contributed by atoms with E-state index in [2.05, 4.69) is 20.5 Å². The average molecular weight is 328 g/mol. The fourth-order valence-electron chi connectivity index (χ4n) is 3.44. The molecule has 0 bridgehead atoms. The summed E-state index contributed by atoms with van der Waals surface area (Å²) in [5.74, 6) is 0.782. The number of rotatable bonds is 4. The topological polar surface area (TPSA) is 95.9 Å². The maximum absolute atomic E-state index is 12.5. The number of carbonyl (C=O) groups is 2. The number of nitrogens with one attached hydrogen (secondary N) is 2. The second-order valence-corrected chi connectivity index (χ2v) is 6.48. The van der Waals surface area contributed by atoms with Crippen LogP contribution in [0.15, 0.2) is 24.8 Å². The quantitative estimate of drug-likeness (QED) is 0.866. The zero-order valence-electron chi connectivity index (χ0n) is 13.5. The Balaban J connectivity index is 1.64. The van der Waals surface area contributed by atoms with Crippen molar-refractivity contribution < 1.29 is 9.59 Å². The molecule has 1 aliphatic carbocycles. The van der Waals surface area contributed by atoms with Crippen LogP contribution in [-0.2, 0) is 11.8 Å². The average Bonchev–Trinajstić information content (AvgIpc) is 3.07. The number of imidazole rings is 1. The number of amides is 2. The predicted octanol–water partition coefficient (Wildman–Crippen LogP) is 0.768. The molecule has 2 aromatic rings. The highest BCUT2D eigenvalue weighted by Gasteiger charge is 2.46. The van der Waals surface area contributed by atoms with Crippen molar-refractivity contribution in [3.8, 4) is 0 Å². The summed E-state index contributed by atoms with van der Waals surface area (Å²) in [5.41, 5.74) is 0.489. The van der Waals surface area contributed by atoms with E-state index >= 15 is 0 Å². The van der Waals surface area contributed by atoms with Crippen LogP contribution < -0.4 is 5.32 Å². The first-order valence-electron chi connectivity index (χ1n) is 8.23. The summed E-state index contributed by atoms with van der Waals surface area (Å²) in [4.78, 5) is 31.4. The molecule has 1 aliphatic heterocycles. The van der Waals surface area contributed by atoms with Crippen molar-refractivity contribution in [2.45, 2.75) is 43.8 Å². The predicted molar refractivity (Wildman–Crippen MR) is 84.9 cm³/mol. The first kappa shape index (κ1) is 14.9. The van der Waals surface area contributed by atoms with Crippen LogP contribution in [0.1, 0.15) is 47.9 Å². The summed E-state index contributed by atoms with van der Waals surface area (Å²) < 4.78 is 1.93. The summed E-state index contributed by atoms with van der Waals surface area (Å²) in [5, 5.41) is 9.54. The Bertz CT molecular complexity index is 748. The van der Waals surface area contributed by atoms with E-state index in [0.717, 1.165) is 18.7 Å². The Morgan fingerprint density at radius 2 is 2.21 bits per heavy atom. The lowest BCUT2D eigenvalue weighted by atomic mass is 9.94. The first-order valence-corrected chi connectivity index (χ1v) is 8.23. The van der Waals surface area contributed by atoms with Gasteiger partial charge in [-0.15, -0.1) is 0 Å². The highest BCUT2D eigenvalue weighted by atomic mass is 16.2. The highest BCUT2D eigenvalue weighted by molar-refractivity contribution is 5.94. The van der Waals surface area contributed by atoms with E-state index in [1.165, 1.54) is 6.20 Å². The number of piperidine rings is 1. The molecule has 1 saturated carbocycles. The minimum atomic E-state index is -0.227. The van der Waals surface area contributed by atoms with Gasteiger partial charge in [0.1, 0.15) is 11.9 Å². The molecule has 126 valence electrons. The van der Waals surface area contributed by atoms with Gasteiger partial charge in [0.25, 0.3) is 5.91 Å². The number of likely N-dealkylation sites (tertiary alicyclic amines) is 1. The van der Waals surface area contributed by atoms with Gasteiger partial charge in [0.2, 0.25) is 5.91 Å². The van der Waals surface area contributed by atoms with Crippen LogP contribution >= 0.6 is 0 Å². The molecular formula is C16H20N6O2. The molecule has 2 aliphatic rings. The SMILES string of the molecule is Cn1ccnc1[C@H]1[C@H](NC(=O)c2cn[nH]c2)CCC(=O)N1C1CC1. The van der Waals surface area contributed by atoms with Crippen LogP contribution in [0.4, 0.5) is 0 Å². The second-order valence-electron chi connectivity index (χ2n) is 6.48. The van der Waals surface area contributed by atoms with E-state index < -0.39 is 0 Å². The molecule has 8 heteroatoms. The summed E-state index contributed by atoms with van der Waals surface area (Å²) >= 11 is 0. The number of nitrogens with zero attached hydrogens (tertiary/aromatic N) is 4. The summed E-state index contributed by atoms with van der Waals surface area (Å²) in [6.07, 6.45) is 9.78. The summed E-state index contributed by atoms with van der Waals surface area (Å²) in [7, 11) is 1.92. The Kier molecular flexibility index (Phi) is 3.59. The number of aromatic nitrogens is 4. The Labute approximate surface area is 139 Å². The van der Waals surface area contributed by atoms with Gasteiger partial charge >= 0.3 is 0 Å².